The van der Waals surface area contributed by atoms with Gasteiger partial charge in [-0.15, -0.1) is 0 Å². The molecule has 3 aromatic rings. The Morgan fingerprint density at radius 2 is 1.82 bits per heavy atom. The van der Waals surface area contributed by atoms with Crippen LogP contribution in [-0.2, 0) is 26.0 Å². The summed E-state index contributed by atoms with van der Waals surface area (Å²) >= 11 is 0. The molecule has 11 heteroatoms. The summed E-state index contributed by atoms with van der Waals surface area (Å²) in [6.45, 7) is 8.18. The van der Waals surface area contributed by atoms with E-state index >= 15 is 0 Å². The van der Waals surface area contributed by atoms with E-state index in [1.165, 1.54) is 22.8 Å². The number of nitrogens with one attached hydrogen (secondary N) is 1. The van der Waals surface area contributed by atoms with Crippen LogP contribution in [0.1, 0.15) is 37.2 Å². The van der Waals surface area contributed by atoms with E-state index in [0.29, 0.717) is 31.0 Å². The SMILES string of the molecule is Cc1nc2ncnn2c(C)c1CCC(=O)Nc1ccc(S(=O)(=O)N2C[C@@H](C)O[C@H](C)C2)cc1. The van der Waals surface area contributed by atoms with Crippen molar-refractivity contribution in [1.82, 2.24) is 23.9 Å². The first-order valence-electron chi connectivity index (χ1n) is 10.9. The van der Waals surface area contributed by atoms with Gasteiger partial charge in [-0.2, -0.15) is 14.4 Å². The second kappa shape index (κ2) is 9.16. The lowest BCUT2D eigenvalue weighted by Crippen LogP contribution is -2.48. The normalized spacial score (nSPS) is 19.6. The number of sulfonamides is 1. The first-order chi connectivity index (χ1) is 15.6. The van der Waals surface area contributed by atoms with Gasteiger partial charge in [0.1, 0.15) is 6.33 Å². The lowest BCUT2D eigenvalue weighted by Gasteiger charge is -2.34. The fourth-order valence-corrected chi connectivity index (χ4v) is 5.76. The third-order valence-corrected chi connectivity index (χ3v) is 7.60. The fourth-order valence-electron chi connectivity index (χ4n) is 4.17. The molecule has 10 nitrogen and oxygen atoms in total. The van der Waals surface area contributed by atoms with Crippen molar-refractivity contribution < 1.29 is 17.9 Å². The first-order valence-corrected chi connectivity index (χ1v) is 12.3. The molecule has 176 valence electrons. The Kier molecular flexibility index (Phi) is 6.46. The number of nitrogens with zero attached hydrogens (tertiary/aromatic N) is 5. The van der Waals surface area contributed by atoms with E-state index in [1.54, 1.807) is 16.6 Å². The highest BCUT2D eigenvalue weighted by Gasteiger charge is 2.32. The molecule has 1 amide bonds. The molecule has 3 heterocycles. The van der Waals surface area contributed by atoms with Crippen molar-refractivity contribution in [2.24, 2.45) is 0 Å². The summed E-state index contributed by atoms with van der Waals surface area (Å²) in [7, 11) is -3.62. The zero-order chi connectivity index (χ0) is 23.8. The maximum atomic E-state index is 13.0. The highest BCUT2D eigenvalue weighted by atomic mass is 32.2. The van der Waals surface area contributed by atoms with Gasteiger partial charge in [-0.3, -0.25) is 4.79 Å². The van der Waals surface area contributed by atoms with Crippen molar-refractivity contribution in [3.05, 3.63) is 47.5 Å². The topological polar surface area (TPSA) is 119 Å². The van der Waals surface area contributed by atoms with Crippen molar-refractivity contribution in [2.45, 2.75) is 57.6 Å². The van der Waals surface area contributed by atoms with Crippen LogP contribution < -0.4 is 5.32 Å². The third-order valence-electron chi connectivity index (χ3n) is 5.75. The number of rotatable bonds is 6. The molecule has 1 aliphatic heterocycles. The molecular weight excluding hydrogens is 444 g/mol. The highest BCUT2D eigenvalue weighted by Crippen LogP contribution is 2.23. The fraction of sp³-hybridized carbons (Fsp3) is 0.455. The van der Waals surface area contributed by atoms with Crippen LogP contribution in [0.3, 0.4) is 0 Å². The molecule has 0 aliphatic carbocycles. The van der Waals surface area contributed by atoms with Crippen molar-refractivity contribution in [2.75, 3.05) is 18.4 Å². The number of carbonyl (C=O) groups is 1. The van der Waals surface area contributed by atoms with Gasteiger partial charge < -0.3 is 10.1 Å². The molecule has 1 aromatic carbocycles. The smallest absolute Gasteiger partial charge is 0.252 e. The first kappa shape index (κ1) is 23.3. The second-order valence-corrected chi connectivity index (χ2v) is 10.3. The predicted octanol–water partition coefficient (Wildman–Crippen LogP) is 2.11. The van der Waals surface area contributed by atoms with Gasteiger partial charge in [0.15, 0.2) is 0 Å². The summed E-state index contributed by atoms with van der Waals surface area (Å²) in [5, 5.41) is 7.00. The zero-order valence-corrected chi connectivity index (χ0v) is 20.0. The minimum absolute atomic E-state index is 0.158. The average molecular weight is 473 g/mol. The van der Waals surface area contributed by atoms with Gasteiger partial charge in [0.05, 0.1) is 17.1 Å². The predicted molar refractivity (Wildman–Crippen MR) is 122 cm³/mol. The molecule has 2 aromatic heterocycles. The minimum atomic E-state index is -3.62. The Labute approximate surface area is 193 Å². The molecular formula is C22H28N6O4S. The van der Waals surface area contributed by atoms with Gasteiger partial charge in [0, 0.05) is 36.6 Å². The number of aromatic nitrogens is 4. The van der Waals surface area contributed by atoms with Crippen LogP contribution in [0.25, 0.3) is 5.78 Å². The maximum Gasteiger partial charge on any atom is 0.252 e. The quantitative estimate of drug-likeness (QED) is 0.584. The Balaban J connectivity index is 1.39. The Bertz CT molecular complexity index is 1260. The molecule has 33 heavy (non-hydrogen) atoms. The van der Waals surface area contributed by atoms with Gasteiger partial charge >= 0.3 is 0 Å². The maximum absolute atomic E-state index is 13.0. The van der Waals surface area contributed by atoms with Crippen LogP contribution in [0, 0.1) is 13.8 Å². The second-order valence-electron chi connectivity index (χ2n) is 8.38. The summed E-state index contributed by atoms with van der Waals surface area (Å²) in [5.41, 5.74) is 3.23. The molecule has 0 bridgehead atoms. The lowest BCUT2D eigenvalue weighted by molar-refractivity contribution is -0.116. The summed E-state index contributed by atoms with van der Waals surface area (Å²) in [6.07, 6.45) is 1.90. The van der Waals surface area contributed by atoms with E-state index in [9.17, 15) is 13.2 Å². The molecule has 4 rings (SSSR count). The van der Waals surface area contributed by atoms with Gasteiger partial charge in [0.2, 0.25) is 15.9 Å². The molecule has 0 radical (unpaired) electrons. The number of hydrogen-bond acceptors (Lipinski definition) is 7. The number of morpholine rings is 1. The Hall–Kier alpha value is -2.89. The van der Waals surface area contributed by atoms with Crippen molar-refractivity contribution in [3.8, 4) is 0 Å². The van der Waals surface area contributed by atoms with E-state index in [2.05, 4.69) is 20.4 Å². The minimum Gasteiger partial charge on any atom is -0.373 e. The highest BCUT2D eigenvalue weighted by molar-refractivity contribution is 7.89. The number of carbonyl (C=O) groups excluding carboxylic acids is 1. The van der Waals surface area contributed by atoms with Gasteiger partial charge in [0.25, 0.3) is 5.78 Å². The molecule has 0 unspecified atom stereocenters. The van der Waals surface area contributed by atoms with Gasteiger partial charge in [-0.05, 0) is 63.9 Å². The summed E-state index contributed by atoms with van der Waals surface area (Å²) in [6, 6.07) is 6.26. The van der Waals surface area contributed by atoms with Crippen LogP contribution in [0.2, 0.25) is 0 Å². The van der Waals surface area contributed by atoms with Crippen LogP contribution in [-0.4, -0.2) is 63.5 Å². The Morgan fingerprint density at radius 3 is 2.48 bits per heavy atom. The number of hydrogen-bond donors (Lipinski definition) is 1. The largest absolute Gasteiger partial charge is 0.373 e. The Morgan fingerprint density at radius 1 is 1.15 bits per heavy atom. The van der Waals surface area contributed by atoms with Gasteiger partial charge in [-0.25, -0.2) is 17.9 Å². The van der Waals surface area contributed by atoms with Crippen molar-refractivity contribution in [1.29, 1.82) is 0 Å². The van der Waals surface area contributed by atoms with Crippen molar-refractivity contribution in [3.63, 3.8) is 0 Å². The summed E-state index contributed by atoms with van der Waals surface area (Å²) < 4.78 is 34.7. The molecule has 0 spiro atoms. The van der Waals surface area contributed by atoms with E-state index in [0.717, 1.165) is 17.0 Å². The zero-order valence-electron chi connectivity index (χ0n) is 19.1. The van der Waals surface area contributed by atoms with E-state index < -0.39 is 10.0 Å². The molecule has 2 atom stereocenters. The molecule has 1 N–H and O–H groups in total. The van der Waals surface area contributed by atoms with Crippen LogP contribution in [0.4, 0.5) is 5.69 Å². The molecule has 1 fully saturated rings. The molecule has 0 saturated carbocycles. The monoisotopic (exact) mass is 472 g/mol. The number of aryl methyl sites for hydroxylation is 2. The lowest BCUT2D eigenvalue weighted by atomic mass is 10.1. The van der Waals surface area contributed by atoms with E-state index in [-0.39, 0.29) is 29.4 Å². The van der Waals surface area contributed by atoms with Crippen molar-refractivity contribution >= 4 is 27.4 Å². The van der Waals surface area contributed by atoms with E-state index in [1.807, 2.05) is 27.7 Å². The third kappa shape index (κ3) is 4.90. The number of anilines is 1. The van der Waals surface area contributed by atoms with Crippen LogP contribution >= 0.6 is 0 Å². The summed E-state index contributed by atoms with van der Waals surface area (Å²) in [5.74, 6) is 0.369. The van der Waals surface area contributed by atoms with Crippen LogP contribution in [0.15, 0.2) is 35.5 Å². The number of benzene rings is 1. The summed E-state index contributed by atoms with van der Waals surface area (Å²) in [4.78, 5) is 21.2. The van der Waals surface area contributed by atoms with Gasteiger partial charge in [-0.1, -0.05) is 0 Å². The number of amides is 1. The van der Waals surface area contributed by atoms with Crippen LogP contribution in [0.5, 0.6) is 0 Å². The molecule has 1 aliphatic rings. The standard InChI is InChI=1S/C22H28N6O4S/c1-14-11-27(12-15(2)32-14)33(30,31)19-7-5-18(6-8-19)26-21(29)10-9-20-16(3)25-22-23-13-24-28(22)17(20)4/h5-8,13-15H,9-12H2,1-4H3,(H,26,29)/t14-,15-/m1/s1. The number of fused-ring (bicyclic) bond motifs is 1. The number of ether oxygens (including phenoxy) is 1. The van der Waals surface area contributed by atoms with E-state index in [4.69, 9.17) is 4.74 Å². The molecule has 1 saturated heterocycles. The average Bonchev–Trinajstić information content (AvgIpc) is 3.22.